The van der Waals surface area contributed by atoms with Gasteiger partial charge in [0, 0.05) is 15.1 Å². The number of rotatable bonds is 1. The van der Waals surface area contributed by atoms with Gasteiger partial charge in [-0.3, -0.25) is 0 Å². The largest absolute Gasteiger partial charge is 0.192 e. The van der Waals surface area contributed by atoms with Crippen molar-refractivity contribution in [2.24, 2.45) is 0 Å². The van der Waals surface area contributed by atoms with Crippen LogP contribution in [0.2, 0.25) is 5.02 Å². The zero-order chi connectivity index (χ0) is 12.4. The topological polar surface area (TPSA) is 23.8 Å². The molecule has 17 heavy (non-hydrogen) atoms. The minimum atomic E-state index is 0.630. The molecule has 0 aliphatic rings. The van der Waals surface area contributed by atoms with Crippen LogP contribution in [0.1, 0.15) is 11.1 Å². The smallest absolute Gasteiger partial charge is 0.0992 e. The molecule has 0 spiro atoms. The predicted octanol–water partition coefficient (Wildman–Crippen LogP) is 4.95. The van der Waals surface area contributed by atoms with Crippen LogP contribution in [0.4, 0.5) is 0 Å². The highest BCUT2D eigenvalue weighted by atomic mass is 79.9. The number of hydrogen-bond donors (Lipinski definition) is 0. The molecule has 84 valence electrons. The van der Waals surface area contributed by atoms with Gasteiger partial charge in [-0.2, -0.15) is 5.26 Å². The summed E-state index contributed by atoms with van der Waals surface area (Å²) in [5, 5.41) is 9.55. The highest BCUT2D eigenvalue weighted by Crippen LogP contribution is 2.36. The summed E-state index contributed by atoms with van der Waals surface area (Å²) in [5.74, 6) is 0. The van der Waals surface area contributed by atoms with E-state index < -0.39 is 0 Å². The van der Waals surface area contributed by atoms with E-state index in [1.54, 1.807) is 12.1 Å². The first-order valence-corrected chi connectivity index (χ1v) is 6.25. The summed E-state index contributed by atoms with van der Waals surface area (Å²) in [5.41, 5.74) is 3.76. The predicted molar refractivity (Wildman–Crippen MR) is 74.0 cm³/mol. The molecule has 0 fully saturated rings. The average molecular weight is 307 g/mol. The van der Waals surface area contributed by atoms with Crippen LogP contribution in [0.25, 0.3) is 11.1 Å². The van der Waals surface area contributed by atoms with Crippen molar-refractivity contribution in [1.82, 2.24) is 0 Å². The Hall–Kier alpha value is -1.30. The van der Waals surface area contributed by atoms with Gasteiger partial charge in [-0.15, -0.1) is 0 Å². The Morgan fingerprint density at radius 2 is 2.00 bits per heavy atom. The Kier molecular flexibility index (Phi) is 3.51. The van der Waals surface area contributed by atoms with Gasteiger partial charge in [0.15, 0.2) is 0 Å². The quantitative estimate of drug-likeness (QED) is 0.731. The van der Waals surface area contributed by atoms with Crippen molar-refractivity contribution in [2.75, 3.05) is 0 Å². The molecule has 2 rings (SSSR count). The van der Waals surface area contributed by atoms with E-state index in [4.69, 9.17) is 16.9 Å². The zero-order valence-corrected chi connectivity index (χ0v) is 11.5. The van der Waals surface area contributed by atoms with Crippen molar-refractivity contribution in [2.45, 2.75) is 6.92 Å². The first-order chi connectivity index (χ1) is 8.13. The number of nitriles is 1. The van der Waals surface area contributed by atoms with Crippen molar-refractivity contribution in [1.29, 1.82) is 5.26 Å². The van der Waals surface area contributed by atoms with E-state index in [2.05, 4.69) is 22.0 Å². The van der Waals surface area contributed by atoms with Crippen LogP contribution in [0.3, 0.4) is 0 Å². The van der Waals surface area contributed by atoms with Crippen LogP contribution in [0.5, 0.6) is 0 Å². The van der Waals surface area contributed by atoms with Gasteiger partial charge in [0.2, 0.25) is 0 Å². The van der Waals surface area contributed by atoms with Crippen LogP contribution < -0.4 is 0 Å². The standard InChI is InChI=1S/C14H9BrClN/c1-9-3-2-4-13(16)14(9)11-6-5-10(8-17)7-12(11)15/h2-7H,1H3. The molecule has 0 saturated heterocycles. The highest BCUT2D eigenvalue weighted by molar-refractivity contribution is 9.10. The van der Waals surface area contributed by atoms with Gasteiger partial charge in [0.05, 0.1) is 11.6 Å². The van der Waals surface area contributed by atoms with Crippen molar-refractivity contribution in [3.63, 3.8) is 0 Å². The lowest BCUT2D eigenvalue weighted by Crippen LogP contribution is -1.87. The molecule has 2 aromatic rings. The van der Waals surface area contributed by atoms with E-state index in [-0.39, 0.29) is 0 Å². The van der Waals surface area contributed by atoms with Crippen molar-refractivity contribution >= 4 is 27.5 Å². The molecule has 1 nitrogen and oxygen atoms in total. The van der Waals surface area contributed by atoms with Crippen LogP contribution in [-0.4, -0.2) is 0 Å². The fourth-order valence-electron chi connectivity index (χ4n) is 1.76. The van der Waals surface area contributed by atoms with Crippen molar-refractivity contribution < 1.29 is 0 Å². The molecule has 0 amide bonds. The molecule has 0 radical (unpaired) electrons. The molecule has 0 unspecified atom stereocenters. The van der Waals surface area contributed by atoms with Crippen molar-refractivity contribution in [3.05, 3.63) is 57.0 Å². The van der Waals surface area contributed by atoms with Crippen molar-refractivity contribution in [3.8, 4) is 17.2 Å². The van der Waals surface area contributed by atoms with Crippen LogP contribution in [0, 0.1) is 18.3 Å². The minimum Gasteiger partial charge on any atom is -0.192 e. The molecule has 3 heteroatoms. The maximum absolute atomic E-state index is 8.84. The summed E-state index contributed by atoms with van der Waals surface area (Å²) < 4.78 is 0.882. The van der Waals surface area contributed by atoms with E-state index in [1.165, 1.54) is 0 Å². The average Bonchev–Trinajstić information content (AvgIpc) is 2.30. The first kappa shape index (κ1) is 12.2. The van der Waals surface area contributed by atoms with Gasteiger partial charge < -0.3 is 0 Å². The van der Waals surface area contributed by atoms with Crippen LogP contribution >= 0.6 is 27.5 Å². The summed E-state index contributed by atoms with van der Waals surface area (Å²) in [6.07, 6.45) is 0. The Bertz CT molecular complexity index is 594. The third kappa shape index (κ3) is 2.36. The number of aryl methyl sites for hydroxylation is 1. The maximum Gasteiger partial charge on any atom is 0.0992 e. The number of halogens is 2. The fraction of sp³-hybridized carbons (Fsp3) is 0.0714. The number of benzene rings is 2. The molecule has 2 aromatic carbocycles. The van der Waals surface area contributed by atoms with Gasteiger partial charge in [-0.05, 0) is 36.2 Å². The summed E-state index contributed by atoms with van der Waals surface area (Å²) in [4.78, 5) is 0. The Morgan fingerprint density at radius 3 is 2.59 bits per heavy atom. The zero-order valence-electron chi connectivity index (χ0n) is 9.17. The fourth-order valence-corrected chi connectivity index (χ4v) is 2.66. The molecule has 0 aliphatic carbocycles. The van der Waals surface area contributed by atoms with E-state index in [0.717, 1.165) is 26.2 Å². The lowest BCUT2D eigenvalue weighted by Gasteiger charge is -2.10. The third-order valence-electron chi connectivity index (χ3n) is 2.59. The molecule has 0 N–H and O–H groups in total. The van der Waals surface area contributed by atoms with Crippen LogP contribution in [0.15, 0.2) is 40.9 Å². The first-order valence-electron chi connectivity index (χ1n) is 5.08. The lowest BCUT2D eigenvalue weighted by atomic mass is 9.99. The summed E-state index contributed by atoms with van der Waals surface area (Å²) in [7, 11) is 0. The Balaban J connectivity index is 2.66. The molecule has 0 saturated carbocycles. The van der Waals surface area contributed by atoms with Crippen LogP contribution in [-0.2, 0) is 0 Å². The normalized spacial score (nSPS) is 10.0. The molecule has 0 atom stereocenters. The van der Waals surface area contributed by atoms with Gasteiger partial charge in [0.1, 0.15) is 0 Å². The minimum absolute atomic E-state index is 0.630. The van der Waals surface area contributed by atoms with E-state index >= 15 is 0 Å². The second-order valence-corrected chi connectivity index (χ2v) is 5.00. The van der Waals surface area contributed by atoms with E-state index in [9.17, 15) is 0 Å². The summed E-state index contributed by atoms with van der Waals surface area (Å²) in [6, 6.07) is 13.4. The van der Waals surface area contributed by atoms with Gasteiger partial charge in [0.25, 0.3) is 0 Å². The second kappa shape index (κ2) is 4.91. The van der Waals surface area contributed by atoms with E-state index in [1.807, 2.05) is 31.2 Å². The van der Waals surface area contributed by atoms with Gasteiger partial charge in [-0.25, -0.2) is 0 Å². The third-order valence-corrected chi connectivity index (χ3v) is 3.56. The highest BCUT2D eigenvalue weighted by Gasteiger charge is 2.10. The monoisotopic (exact) mass is 305 g/mol. The molecular weight excluding hydrogens is 298 g/mol. The Morgan fingerprint density at radius 1 is 1.24 bits per heavy atom. The molecule has 0 heterocycles. The molecular formula is C14H9BrClN. The maximum atomic E-state index is 8.84. The SMILES string of the molecule is Cc1cccc(Cl)c1-c1ccc(C#N)cc1Br. The number of nitrogens with zero attached hydrogens (tertiary/aromatic N) is 1. The number of hydrogen-bond acceptors (Lipinski definition) is 1. The summed E-state index contributed by atoms with van der Waals surface area (Å²) >= 11 is 9.71. The molecule has 0 aliphatic heterocycles. The second-order valence-electron chi connectivity index (χ2n) is 3.74. The Labute approximate surface area is 114 Å². The summed E-state index contributed by atoms with van der Waals surface area (Å²) in [6.45, 7) is 2.02. The van der Waals surface area contributed by atoms with E-state index in [0.29, 0.717) is 5.56 Å². The molecule has 0 aromatic heterocycles. The molecule has 0 bridgehead atoms. The van der Waals surface area contributed by atoms with Gasteiger partial charge in [-0.1, -0.05) is 45.7 Å². The lowest BCUT2D eigenvalue weighted by molar-refractivity contribution is 1.43. The van der Waals surface area contributed by atoms with Gasteiger partial charge >= 0.3 is 0 Å².